The van der Waals surface area contributed by atoms with E-state index in [1.165, 1.54) is 7.11 Å². The Bertz CT molecular complexity index is 924. The fraction of sp³-hybridized carbons (Fsp3) is 0.235. The first-order chi connectivity index (χ1) is 12.5. The lowest BCUT2D eigenvalue weighted by Gasteiger charge is -2.13. The number of aryl methyl sites for hydroxylation is 1. The monoisotopic (exact) mass is 393 g/mol. The first kappa shape index (κ1) is 18.2. The van der Waals surface area contributed by atoms with Crippen LogP contribution >= 0.6 is 22.9 Å². The summed E-state index contributed by atoms with van der Waals surface area (Å²) in [6.07, 6.45) is 6.02. The number of hydrogen-bond donors (Lipinski definition) is 2. The van der Waals surface area contributed by atoms with Gasteiger partial charge in [0.2, 0.25) is 0 Å². The van der Waals surface area contributed by atoms with Gasteiger partial charge in [0.25, 0.3) is 0 Å². The zero-order chi connectivity index (χ0) is 18.7. The van der Waals surface area contributed by atoms with Gasteiger partial charge in [-0.25, -0.2) is 14.8 Å². The first-order valence-corrected chi connectivity index (χ1v) is 8.97. The number of aromatic nitrogens is 3. The molecule has 9 heteroatoms. The van der Waals surface area contributed by atoms with Gasteiger partial charge in [0.1, 0.15) is 27.9 Å². The van der Waals surface area contributed by atoms with Crippen LogP contribution in [0.25, 0.3) is 0 Å². The Labute approximate surface area is 158 Å². The zero-order valence-corrected chi connectivity index (χ0v) is 15.4. The van der Waals surface area contributed by atoms with Gasteiger partial charge in [0.05, 0.1) is 18.7 Å². The third-order valence-corrected chi connectivity index (χ3v) is 5.09. The number of rotatable bonds is 6. The summed E-state index contributed by atoms with van der Waals surface area (Å²) in [5.74, 6) is -0.613. The van der Waals surface area contributed by atoms with E-state index in [4.69, 9.17) is 16.3 Å². The molecule has 0 saturated heterocycles. The summed E-state index contributed by atoms with van der Waals surface area (Å²) in [5.41, 5.74) is 0.271. The number of carbonyl (C=O) groups excluding carboxylic acids is 1. The lowest BCUT2D eigenvalue weighted by Crippen LogP contribution is -2.10. The van der Waals surface area contributed by atoms with Gasteiger partial charge < -0.3 is 19.5 Å². The van der Waals surface area contributed by atoms with E-state index in [0.717, 1.165) is 16.9 Å². The Kier molecular flexibility index (Phi) is 5.43. The van der Waals surface area contributed by atoms with Crippen LogP contribution in [0.3, 0.4) is 0 Å². The summed E-state index contributed by atoms with van der Waals surface area (Å²) in [7, 11) is 1.22. The van der Waals surface area contributed by atoms with Crippen molar-refractivity contribution in [3.8, 4) is 11.5 Å². The van der Waals surface area contributed by atoms with E-state index >= 15 is 0 Å². The summed E-state index contributed by atoms with van der Waals surface area (Å²) >= 11 is 7.71. The highest BCUT2D eigenvalue weighted by Gasteiger charge is 2.23. The van der Waals surface area contributed by atoms with Gasteiger partial charge >= 0.3 is 5.97 Å². The van der Waals surface area contributed by atoms with Crippen LogP contribution in [0.4, 0.5) is 0 Å². The van der Waals surface area contributed by atoms with E-state index in [9.17, 15) is 15.0 Å². The van der Waals surface area contributed by atoms with Crippen molar-refractivity contribution in [1.82, 2.24) is 14.5 Å². The molecule has 0 fully saturated rings. The number of imidazole rings is 1. The van der Waals surface area contributed by atoms with Crippen molar-refractivity contribution in [2.75, 3.05) is 7.11 Å². The largest absolute Gasteiger partial charge is 0.507 e. The average molecular weight is 394 g/mol. The van der Waals surface area contributed by atoms with Gasteiger partial charge in [0.15, 0.2) is 0 Å². The van der Waals surface area contributed by atoms with Gasteiger partial charge in [-0.05, 0) is 12.0 Å². The molecule has 0 amide bonds. The molecule has 1 aromatic carbocycles. The smallest absolute Gasteiger partial charge is 0.341 e. The van der Waals surface area contributed by atoms with Crippen LogP contribution < -0.4 is 0 Å². The fourth-order valence-corrected chi connectivity index (χ4v) is 3.53. The molecule has 0 unspecified atom stereocenters. The molecule has 136 valence electrons. The Balaban J connectivity index is 1.87. The van der Waals surface area contributed by atoms with Crippen LogP contribution in [0.2, 0.25) is 5.02 Å². The molecule has 26 heavy (non-hydrogen) atoms. The quantitative estimate of drug-likeness (QED) is 0.625. The predicted molar refractivity (Wildman–Crippen MR) is 97.0 cm³/mol. The van der Waals surface area contributed by atoms with Crippen molar-refractivity contribution in [2.24, 2.45) is 0 Å². The molecule has 2 aromatic heterocycles. The minimum Gasteiger partial charge on any atom is -0.507 e. The molecule has 0 spiro atoms. The van der Waals surface area contributed by atoms with Crippen LogP contribution in [0.15, 0.2) is 30.0 Å². The van der Waals surface area contributed by atoms with E-state index in [0.29, 0.717) is 24.9 Å². The minimum atomic E-state index is -0.717. The van der Waals surface area contributed by atoms with E-state index in [1.807, 2.05) is 16.1 Å². The van der Waals surface area contributed by atoms with Crippen LogP contribution in [0, 0.1) is 0 Å². The molecule has 3 aromatic rings. The van der Waals surface area contributed by atoms with Crippen molar-refractivity contribution in [1.29, 1.82) is 0 Å². The van der Waals surface area contributed by atoms with Gasteiger partial charge in [-0.15, -0.1) is 11.3 Å². The van der Waals surface area contributed by atoms with E-state index in [2.05, 4.69) is 9.97 Å². The normalized spacial score (nSPS) is 10.8. The molecule has 2 heterocycles. The first-order valence-electron chi connectivity index (χ1n) is 7.71. The third-order valence-electron chi connectivity index (χ3n) is 3.90. The van der Waals surface area contributed by atoms with Crippen molar-refractivity contribution in [3.05, 3.63) is 57.0 Å². The highest BCUT2D eigenvalue weighted by Crippen LogP contribution is 2.37. The number of esters is 1. The number of hydrogen-bond acceptors (Lipinski definition) is 7. The summed E-state index contributed by atoms with van der Waals surface area (Å²) in [6, 6.07) is 1.03. The number of phenols is 2. The third kappa shape index (κ3) is 3.66. The SMILES string of the molecule is COC(=O)c1c(O)cc(O)c(Cl)c1CCc1nccn1Cc1nccs1. The molecule has 7 nitrogen and oxygen atoms in total. The molecule has 0 aliphatic carbocycles. The molecule has 0 bridgehead atoms. The number of phenolic OH excluding ortho intramolecular Hbond substituents is 2. The van der Waals surface area contributed by atoms with E-state index in [-0.39, 0.29) is 22.1 Å². The summed E-state index contributed by atoms with van der Waals surface area (Å²) < 4.78 is 6.67. The highest BCUT2D eigenvalue weighted by molar-refractivity contribution is 7.09. The van der Waals surface area contributed by atoms with Gasteiger partial charge in [0, 0.05) is 36.5 Å². The number of aromatic hydroxyl groups is 2. The van der Waals surface area contributed by atoms with Crippen molar-refractivity contribution < 1.29 is 19.7 Å². The molecular formula is C17H16ClN3O4S. The number of halogens is 1. The number of nitrogens with zero attached hydrogens (tertiary/aromatic N) is 3. The molecule has 0 saturated carbocycles. The Morgan fingerprint density at radius 1 is 1.27 bits per heavy atom. The van der Waals surface area contributed by atoms with Crippen LogP contribution in [0.1, 0.15) is 26.8 Å². The predicted octanol–water partition coefficient (Wildman–Crippen LogP) is 3.02. The van der Waals surface area contributed by atoms with Gasteiger partial charge in [-0.3, -0.25) is 0 Å². The van der Waals surface area contributed by atoms with Gasteiger partial charge in [-0.1, -0.05) is 11.6 Å². The second-order valence-electron chi connectivity index (χ2n) is 5.47. The molecule has 0 aliphatic heterocycles. The lowest BCUT2D eigenvalue weighted by atomic mass is 10.0. The van der Waals surface area contributed by atoms with E-state index in [1.54, 1.807) is 23.7 Å². The van der Waals surface area contributed by atoms with Crippen LogP contribution in [-0.2, 0) is 24.1 Å². The highest BCUT2D eigenvalue weighted by atomic mass is 35.5. The average Bonchev–Trinajstić information content (AvgIpc) is 3.28. The second kappa shape index (κ2) is 7.76. The topological polar surface area (TPSA) is 97.5 Å². The van der Waals surface area contributed by atoms with E-state index < -0.39 is 5.97 Å². The molecule has 2 N–H and O–H groups in total. The summed E-state index contributed by atoms with van der Waals surface area (Å²) in [6.45, 7) is 0.593. The Morgan fingerprint density at radius 2 is 2.08 bits per heavy atom. The van der Waals surface area contributed by atoms with Gasteiger partial charge in [-0.2, -0.15) is 0 Å². The maximum atomic E-state index is 12.0. The van der Waals surface area contributed by atoms with Crippen LogP contribution in [0.5, 0.6) is 11.5 Å². The maximum absolute atomic E-state index is 12.0. The number of methoxy groups -OCH3 is 1. The Hall–Kier alpha value is -2.58. The maximum Gasteiger partial charge on any atom is 0.341 e. The molecule has 0 radical (unpaired) electrons. The lowest BCUT2D eigenvalue weighted by molar-refractivity contribution is 0.0596. The summed E-state index contributed by atoms with van der Waals surface area (Å²) in [4.78, 5) is 20.6. The number of ether oxygens (including phenoxy) is 1. The van der Waals surface area contributed by atoms with Crippen molar-refractivity contribution >= 4 is 28.9 Å². The number of benzene rings is 1. The van der Waals surface area contributed by atoms with Crippen molar-refractivity contribution in [2.45, 2.75) is 19.4 Å². The molecule has 0 aliphatic rings. The van der Waals surface area contributed by atoms with Crippen LogP contribution in [-0.4, -0.2) is 37.8 Å². The fourth-order valence-electron chi connectivity index (χ4n) is 2.67. The molecule has 0 atom stereocenters. The van der Waals surface area contributed by atoms with Crippen molar-refractivity contribution in [3.63, 3.8) is 0 Å². The second-order valence-corrected chi connectivity index (χ2v) is 6.83. The number of thiazole rings is 1. The molecule has 3 rings (SSSR count). The number of carbonyl (C=O) groups is 1. The molecular weight excluding hydrogens is 378 g/mol. The standard InChI is InChI=1S/C17H16ClN3O4S/c1-25-17(24)15-10(16(18)12(23)8-11(15)22)2-3-13-19-4-6-21(13)9-14-20-5-7-26-14/h4-8,22-23H,2-3,9H2,1H3. The summed E-state index contributed by atoms with van der Waals surface area (Å²) in [5, 5.41) is 22.8. The zero-order valence-electron chi connectivity index (χ0n) is 13.8. The minimum absolute atomic E-state index is 0.0150. The Morgan fingerprint density at radius 3 is 2.77 bits per heavy atom.